The molecule has 0 aliphatic carbocycles. The van der Waals surface area contributed by atoms with Gasteiger partial charge in [0.05, 0.1) is 30.3 Å². The molecular formula is C25H21N3O5. The first-order valence-electron chi connectivity index (χ1n) is 10.2. The van der Waals surface area contributed by atoms with Gasteiger partial charge >= 0.3 is 5.97 Å². The number of nitrogens with one attached hydrogen (secondary N) is 1. The molecule has 1 aromatic heterocycles. The number of benzene rings is 3. The van der Waals surface area contributed by atoms with Crippen molar-refractivity contribution in [1.82, 2.24) is 10.1 Å². The lowest BCUT2D eigenvalue weighted by molar-refractivity contribution is -0.115. The Morgan fingerprint density at radius 2 is 1.67 bits per heavy atom. The molecular weight excluding hydrogens is 422 g/mol. The van der Waals surface area contributed by atoms with Gasteiger partial charge in [0.2, 0.25) is 11.7 Å². The molecule has 0 saturated heterocycles. The molecule has 4 rings (SSSR count). The second-order valence-electron chi connectivity index (χ2n) is 7.04. The first kappa shape index (κ1) is 21.8. The van der Waals surface area contributed by atoms with Crippen LogP contribution in [0.15, 0.2) is 83.4 Å². The third-order valence-electron chi connectivity index (χ3n) is 4.77. The van der Waals surface area contributed by atoms with Gasteiger partial charge in [-0.15, -0.1) is 0 Å². The van der Waals surface area contributed by atoms with Gasteiger partial charge in [-0.1, -0.05) is 59.8 Å². The van der Waals surface area contributed by atoms with Gasteiger partial charge in [0.25, 0.3) is 5.89 Å². The van der Waals surface area contributed by atoms with Crippen molar-refractivity contribution in [2.75, 3.05) is 12.4 Å². The van der Waals surface area contributed by atoms with E-state index in [0.717, 1.165) is 5.56 Å². The number of hydrogen-bond donors (Lipinski definition) is 1. The van der Waals surface area contributed by atoms with Crippen molar-refractivity contribution in [2.24, 2.45) is 0 Å². The van der Waals surface area contributed by atoms with Gasteiger partial charge in [0, 0.05) is 0 Å². The average Bonchev–Trinajstić information content (AvgIpc) is 3.32. The molecule has 0 unspecified atom stereocenters. The zero-order valence-electron chi connectivity index (χ0n) is 17.9. The standard InChI is InChI=1S/C25H21N3O5/c1-31-21-14-8-6-12-19(21)24-27-23(33-28-24)16-32-25(30)18-11-5-7-13-20(18)26-22(29)15-17-9-3-2-4-10-17/h2-14H,15-16H2,1H3,(H,26,29). The highest BCUT2D eigenvalue weighted by Crippen LogP contribution is 2.27. The number of methoxy groups -OCH3 is 1. The summed E-state index contributed by atoms with van der Waals surface area (Å²) in [7, 11) is 1.55. The monoisotopic (exact) mass is 443 g/mol. The quantitative estimate of drug-likeness (QED) is 0.405. The zero-order chi connectivity index (χ0) is 23.0. The predicted octanol–water partition coefficient (Wildman–Crippen LogP) is 4.28. The number of esters is 1. The number of rotatable bonds is 8. The van der Waals surface area contributed by atoms with Crippen LogP contribution in [0, 0.1) is 0 Å². The van der Waals surface area contributed by atoms with Crippen LogP contribution in [0.25, 0.3) is 11.4 Å². The van der Waals surface area contributed by atoms with E-state index in [1.807, 2.05) is 42.5 Å². The Balaban J connectivity index is 1.40. The van der Waals surface area contributed by atoms with Crippen LogP contribution in [0.3, 0.4) is 0 Å². The van der Waals surface area contributed by atoms with Crippen molar-refractivity contribution >= 4 is 17.6 Å². The molecule has 0 spiro atoms. The highest BCUT2D eigenvalue weighted by Gasteiger charge is 2.18. The zero-order valence-corrected chi connectivity index (χ0v) is 17.9. The van der Waals surface area contributed by atoms with Crippen molar-refractivity contribution in [1.29, 1.82) is 0 Å². The van der Waals surface area contributed by atoms with Crippen LogP contribution in [0.4, 0.5) is 5.69 Å². The summed E-state index contributed by atoms with van der Waals surface area (Å²) in [4.78, 5) is 29.4. The van der Waals surface area contributed by atoms with Gasteiger partial charge in [0.1, 0.15) is 5.75 Å². The molecule has 8 heteroatoms. The molecule has 0 saturated carbocycles. The van der Waals surface area contributed by atoms with Gasteiger partial charge in [-0.05, 0) is 29.8 Å². The normalized spacial score (nSPS) is 10.5. The summed E-state index contributed by atoms with van der Waals surface area (Å²) >= 11 is 0. The summed E-state index contributed by atoms with van der Waals surface area (Å²) in [6, 6.07) is 23.2. The molecule has 1 amide bonds. The minimum atomic E-state index is -0.623. The fraction of sp³-hybridized carbons (Fsp3) is 0.120. The molecule has 8 nitrogen and oxygen atoms in total. The van der Waals surface area contributed by atoms with Crippen LogP contribution in [0.5, 0.6) is 5.75 Å². The highest BCUT2D eigenvalue weighted by molar-refractivity contribution is 6.01. The fourth-order valence-electron chi connectivity index (χ4n) is 3.20. The second-order valence-corrected chi connectivity index (χ2v) is 7.04. The lowest BCUT2D eigenvalue weighted by atomic mass is 10.1. The number of ether oxygens (including phenoxy) is 2. The van der Waals surface area contributed by atoms with Gasteiger partial charge in [-0.3, -0.25) is 4.79 Å². The van der Waals surface area contributed by atoms with Crippen molar-refractivity contribution in [3.05, 3.63) is 95.9 Å². The third-order valence-corrected chi connectivity index (χ3v) is 4.77. The predicted molar refractivity (Wildman–Crippen MR) is 121 cm³/mol. The number of aromatic nitrogens is 2. The number of hydrogen-bond acceptors (Lipinski definition) is 7. The average molecular weight is 443 g/mol. The van der Waals surface area contributed by atoms with E-state index in [9.17, 15) is 9.59 Å². The van der Waals surface area contributed by atoms with Crippen molar-refractivity contribution < 1.29 is 23.6 Å². The van der Waals surface area contributed by atoms with Crippen LogP contribution >= 0.6 is 0 Å². The van der Waals surface area contributed by atoms with Gasteiger partial charge in [0.15, 0.2) is 6.61 Å². The molecule has 0 aliphatic heterocycles. The van der Waals surface area contributed by atoms with Gasteiger partial charge in [-0.2, -0.15) is 4.98 Å². The van der Waals surface area contributed by atoms with E-state index >= 15 is 0 Å². The maximum atomic E-state index is 12.7. The lowest BCUT2D eigenvalue weighted by Crippen LogP contribution is -2.17. The number of amides is 1. The number of carbonyl (C=O) groups is 2. The van der Waals surface area contributed by atoms with Crippen LogP contribution in [-0.2, 0) is 22.6 Å². The smallest absolute Gasteiger partial charge is 0.340 e. The van der Waals surface area contributed by atoms with E-state index < -0.39 is 5.97 Å². The van der Waals surface area contributed by atoms with Crippen molar-refractivity contribution in [3.8, 4) is 17.1 Å². The van der Waals surface area contributed by atoms with Gasteiger partial charge < -0.3 is 19.3 Å². The summed E-state index contributed by atoms with van der Waals surface area (Å²) in [6.07, 6.45) is 0.192. The first-order valence-corrected chi connectivity index (χ1v) is 10.2. The Bertz CT molecular complexity index is 1250. The molecule has 33 heavy (non-hydrogen) atoms. The minimum absolute atomic E-state index is 0.134. The van der Waals surface area contributed by atoms with E-state index in [1.165, 1.54) is 0 Å². The molecule has 0 bridgehead atoms. The fourth-order valence-corrected chi connectivity index (χ4v) is 3.20. The minimum Gasteiger partial charge on any atom is -0.496 e. The van der Waals surface area contributed by atoms with E-state index in [0.29, 0.717) is 22.8 Å². The summed E-state index contributed by atoms with van der Waals surface area (Å²) in [5, 5.41) is 6.70. The van der Waals surface area contributed by atoms with E-state index in [-0.39, 0.29) is 30.4 Å². The Morgan fingerprint density at radius 1 is 0.939 bits per heavy atom. The Labute approximate surface area is 190 Å². The number of anilines is 1. The largest absolute Gasteiger partial charge is 0.496 e. The highest BCUT2D eigenvalue weighted by atomic mass is 16.6. The lowest BCUT2D eigenvalue weighted by Gasteiger charge is -2.10. The van der Waals surface area contributed by atoms with Crippen LogP contribution in [0.2, 0.25) is 0 Å². The molecule has 0 radical (unpaired) electrons. The Morgan fingerprint density at radius 3 is 2.48 bits per heavy atom. The first-order chi connectivity index (χ1) is 16.1. The van der Waals surface area contributed by atoms with E-state index in [2.05, 4.69) is 15.5 Å². The third kappa shape index (κ3) is 5.43. The van der Waals surface area contributed by atoms with Crippen molar-refractivity contribution in [3.63, 3.8) is 0 Å². The molecule has 0 aliphatic rings. The molecule has 4 aromatic rings. The molecule has 0 atom stereocenters. The molecule has 1 N–H and O–H groups in total. The maximum Gasteiger partial charge on any atom is 0.340 e. The SMILES string of the molecule is COc1ccccc1-c1noc(COC(=O)c2ccccc2NC(=O)Cc2ccccc2)n1. The second kappa shape index (κ2) is 10.2. The summed E-state index contributed by atoms with van der Waals surface area (Å²) in [5.41, 5.74) is 2.12. The summed E-state index contributed by atoms with van der Waals surface area (Å²) in [5.74, 6) is 0.200. The van der Waals surface area contributed by atoms with Crippen LogP contribution in [-0.4, -0.2) is 29.1 Å². The molecule has 166 valence electrons. The molecule has 3 aromatic carbocycles. The van der Waals surface area contributed by atoms with Crippen LogP contribution < -0.4 is 10.1 Å². The molecule has 1 heterocycles. The van der Waals surface area contributed by atoms with Gasteiger partial charge in [-0.25, -0.2) is 4.79 Å². The molecule has 0 fully saturated rings. The Kier molecular flexibility index (Phi) is 6.75. The number of para-hydroxylation sites is 2. The summed E-state index contributed by atoms with van der Waals surface area (Å²) in [6.45, 7) is -0.215. The summed E-state index contributed by atoms with van der Waals surface area (Å²) < 4.78 is 15.9. The van der Waals surface area contributed by atoms with Crippen molar-refractivity contribution in [2.45, 2.75) is 13.0 Å². The number of carbonyl (C=O) groups excluding carboxylic acids is 2. The number of nitrogens with zero attached hydrogens (tertiary/aromatic N) is 2. The van der Waals surface area contributed by atoms with E-state index in [1.54, 1.807) is 43.5 Å². The van der Waals surface area contributed by atoms with E-state index in [4.69, 9.17) is 14.0 Å². The van der Waals surface area contributed by atoms with Crippen LogP contribution in [0.1, 0.15) is 21.8 Å². The Hall–Kier alpha value is -4.46. The maximum absolute atomic E-state index is 12.7. The topological polar surface area (TPSA) is 104 Å².